The number of nitrogens with two attached hydrogens (primary N) is 1. The molecule has 0 saturated heterocycles. The van der Waals surface area contributed by atoms with Crippen LogP contribution in [-0.2, 0) is 19.4 Å². The van der Waals surface area contributed by atoms with Gasteiger partial charge in [-0.1, -0.05) is 27.7 Å². The molecule has 0 fully saturated rings. The van der Waals surface area contributed by atoms with Crippen LogP contribution >= 0.6 is 0 Å². The first-order chi connectivity index (χ1) is 7.92. The minimum absolute atomic E-state index is 0.254. The van der Waals surface area contributed by atoms with Crippen LogP contribution in [0.2, 0.25) is 0 Å². The predicted molar refractivity (Wildman–Crippen MR) is 73.0 cm³/mol. The van der Waals surface area contributed by atoms with E-state index in [2.05, 4.69) is 50.5 Å². The third-order valence-corrected chi connectivity index (χ3v) is 3.54. The highest BCUT2D eigenvalue weighted by Crippen LogP contribution is 2.28. The van der Waals surface area contributed by atoms with E-state index < -0.39 is 0 Å². The number of nitrogens with zero attached hydrogens (tertiary/aromatic N) is 2. The van der Waals surface area contributed by atoms with Gasteiger partial charge in [0.2, 0.25) is 0 Å². The van der Waals surface area contributed by atoms with Crippen molar-refractivity contribution in [2.75, 3.05) is 6.54 Å². The van der Waals surface area contributed by atoms with Crippen molar-refractivity contribution in [3.8, 4) is 0 Å². The molecule has 1 aromatic rings. The van der Waals surface area contributed by atoms with E-state index >= 15 is 0 Å². The Kier molecular flexibility index (Phi) is 4.75. The third kappa shape index (κ3) is 3.56. The Balaban J connectivity index is 2.89. The van der Waals surface area contributed by atoms with Gasteiger partial charge in [-0.3, -0.25) is 4.68 Å². The van der Waals surface area contributed by atoms with Crippen LogP contribution in [0.25, 0.3) is 0 Å². The average molecular weight is 237 g/mol. The van der Waals surface area contributed by atoms with E-state index in [1.54, 1.807) is 0 Å². The predicted octanol–water partition coefficient (Wildman–Crippen LogP) is 2.63. The minimum atomic E-state index is 0.254. The van der Waals surface area contributed by atoms with Gasteiger partial charge in [-0.2, -0.15) is 5.10 Å². The highest BCUT2D eigenvalue weighted by atomic mass is 15.3. The Morgan fingerprint density at radius 3 is 2.41 bits per heavy atom. The van der Waals surface area contributed by atoms with Crippen molar-refractivity contribution in [2.24, 2.45) is 17.1 Å². The van der Waals surface area contributed by atoms with E-state index in [1.165, 1.54) is 11.4 Å². The van der Waals surface area contributed by atoms with Crippen molar-refractivity contribution < 1.29 is 0 Å². The zero-order valence-electron chi connectivity index (χ0n) is 12.0. The molecule has 1 rings (SSSR count). The first-order valence-corrected chi connectivity index (χ1v) is 6.68. The van der Waals surface area contributed by atoms with Crippen LogP contribution in [0.1, 0.15) is 46.0 Å². The first kappa shape index (κ1) is 14.2. The van der Waals surface area contributed by atoms with Crippen LogP contribution in [0.5, 0.6) is 0 Å². The lowest BCUT2D eigenvalue weighted by atomic mass is 9.78. The minimum Gasteiger partial charge on any atom is -0.330 e. The van der Waals surface area contributed by atoms with Gasteiger partial charge in [0.1, 0.15) is 0 Å². The molecule has 0 aromatic carbocycles. The lowest BCUT2D eigenvalue weighted by Crippen LogP contribution is -2.30. The van der Waals surface area contributed by atoms with Crippen LogP contribution < -0.4 is 5.73 Å². The second-order valence-corrected chi connectivity index (χ2v) is 5.80. The Morgan fingerprint density at radius 1 is 1.35 bits per heavy atom. The number of hydrogen-bond acceptors (Lipinski definition) is 2. The van der Waals surface area contributed by atoms with Gasteiger partial charge in [0.15, 0.2) is 0 Å². The standard InChI is InChI=1S/C14H27N3/c1-6-12-9-13(17(7-2)16-12)8-11(10-15)14(3,4)5/h9,11H,6-8,10,15H2,1-5H3. The van der Waals surface area contributed by atoms with Gasteiger partial charge in [-0.25, -0.2) is 0 Å². The average Bonchev–Trinajstić information content (AvgIpc) is 2.66. The molecule has 3 heteroatoms. The van der Waals surface area contributed by atoms with Crippen LogP contribution in [0.15, 0.2) is 6.07 Å². The lowest BCUT2D eigenvalue weighted by molar-refractivity contribution is 0.241. The SMILES string of the molecule is CCc1cc(CC(CN)C(C)(C)C)n(CC)n1. The maximum Gasteiger partial charge on any atom is 0.0624 e. The fourth-order valence-electron chi connectivity index (χ4n) is 2.12. The van der Waals surface area contributed by atoms with E-state index in [0.717, 1.165) is 25.9 Å². The second kappa shape index (κ2) is 5.67. The van der Waals surface area contributed by atoms with Crippen molar-refractivity contribution in [3.63, 3.8) is 0 Å². The topological polar surface area (TPSA) is 43.8 Å². The zero-order chi connectivity index (χ0) is 13.1. The summed E-state index contributed by atoms with van der Waals surface area (Å²) in [6.45, 7) is 12.8. The molecule has 0 radical (unpaired) electrons. The highest BCUT2D eigenvalue weighted by Gasteiger charge is 2.24. The van der Waals surface area contributed by atoms with E-state index in [0.29, 0.717) is 5.92 Å². The number of hydrogen-bond donors (Lipinski definition) is 1. The molecule has 0 aliphatic rings. The molecule has 1 heterocycles. The molecule has 0 aliphatic carbocycles. The maximum atomic E-state index is 5.91. The third-order valence-electron chi connectivity index (χ3n) is 3.54. The Bertz CT molecular complexity index is 347. The zero-order valence-corrected chi connectivity index (χ0v) is 12.0. The summed E-state index contributed by atoms with van der Waals surface area (Å²) < 4.78 is 2.12. The van der Waals surface area contributed by atoms with Gasteiger partial charge in [-0.05, 0) is 43.7 Å². The molecule has 0 saturated carbocycles. The summed E-state index contributed by atoms with van der Waals surface area (Å²) in [7, 11) is 0. The molecule has 1 aromatic heterocycles. The molecule has 1 atom stereocenters. The van der Waals surface area contributed by atoms with Gasteiger partial charge < -0.3 is 5.73 Å². The molecule has 3 nitrogen and oxygen atoms in total. The summed E-state index contributed by atoms with van der Waals surface area (Å²) in [5.74, 6) is 0.509. The summed E-state index contributed by atoms with van der Waals surface area (Å²) in [6, 6.07) is 2.23. The molecular formula is C14H27N3. The van der Waals surface area contributed by atoms with E-state index in [-0.39, 0.29) is 5.41 Å². The first-order valence-electron chi connectivity index (χ1n) is 6.68. The quantitative estimate of drug-likeness (QED) is 0.855. The smallest absolute Gasteiger partial charge is 0.0624 e. The molecule has 0 amide bonds. The summed E-state index contributed by atoms with van der Waals surface area (Å²) in [6.07, 6.45) is 2.03. The van der Waals surface area contributed by atoms with Crippen molar-refractivity contribution in [2.45, 2.75) is 54.0 Å². The van der Waals surface area contributed by atoms with Crippen LogP contribution in [0, 0.1) is 11.3 Å². The monoisotopic (exact) mass is 237 g/mol. The number of rotatable bonds is 5. The van der Waals surface area contributed by atoms with Crippen molar-refractivity contribution in [3.05, 3.63) is 17.5 Å². The molecular weight excluding hydrogens is 210 g/mol. The summed E-state index contributed by atoms with van der Waals surface area (Å²) in [4.78, 5) is 0. The van der Waals surface area contributed by atoms with Gasteiger partial charge in [0.25, 0.3) is 0 Å². The van der Waals surface area contributed by atoms with Gasteiger partial charge >= 0.3 is 0 Å². The maximum absolute atomic E-state index is 5.91. The van der Waals surface area contributed by atoms with Crippen LogP contribution in [0.4, 0.5) is 0 Å². The molecule has 1 unspecified atom stereocenters. The van der Waals surface area contributed by atoms with E-state index in [4.69, 9.17) is 5.73 Å². The molecule has 0 aliphatic heterocycles. The summed E-state index contributed by atoms with van der Waals surface area (Å²) >= 11 is 0. The molecule has 98 valence electrons. The Hall–Kier alpha value is -0.830. The normalized spacial score (nSPS) is 14.0. The largest absolute Gasteiger partial charge is 0.330 e. The molecule has 0 bridgehead atoms. The van der Waals surface area contributed by atoms with Crippen LogP contribution in [-0.4, -0.2) is 16.3 Å². The van der Waals surface area contributed by atoms with Crippen LogP contribution in [0.3, 0.4) is 0 Å². The fraction of sp³-hybridized carbons (Fsp3) is 0.786. The van der Waals surface area contributed by atoms with Gasteiger partial charge in [-0.15, -0.1) is 0 Å². The molecule has 2 N–H and O–H groups in total. The molecule has 17 heavy (non-hydrogen) atoms. The molecule has 0 spiro atoms. The lowest BCUT2D eigenvalue weighted by Gasteiger charge is -2.29. The summed E-state index contributed by atoms with van der Waals surface area (Å²) in [5.41, 5.74) is 8.68. The summed E-state index contributed by atoms with van der Waals surface area (Å²) in [5, 5.41) is 4.59. The fourth-order valence-corrected chi connectivity index (χ4v) is 2.12. The van der Waals surface area contributed by atoms with Crippen molar-refractivity contribution in [1.82, 2.24) is 9.78 Å². The second-order valence-electron chi connectivity index (χ2n) is 5.80. The van der Waals surface area contributed by atoms with E-state index in [1.807, 2.05) is 0 Å². The van der Waals surface area contributed by atoms with Gasteiger partial charge in [0, 0.05) is 12.2 Å². The number of aromatic nitrogens is 2. The van der Waals surface area contributed by atoms with Crippen molar-refractivity contribution >= 4 is 0 Å². The van der Waals surface area contributed by atoms with E-state index in [9.17, 15) is 0 Å². The van der Waals surface area contributed by atoms with Gasteiger partial charge in [0.05, 0.1) is 5.69 Å². The highest BCUT2D eigenvalue weighted by molar-refractivity contribution is 5.12. The Labute approximate surface area is 105 Å². The Morgan fingerprint density at radius 2 is 2.00 bits per heavy atom. The number of aryl methyl sites for hydroxylation is 2. The van der Waals surface area contributed by atoms with Crippen molar-refractivity contribution in [1.29, 1.82) is 0 Å².